The molecule has 0 aliphatic heterocycles. The highest BCUT2D eigenvalue weighted by Crippen LogP contribution is 2.28. The van der Waals surface area contributed by atoms with Gasteiger partial charge >= 0.3 is 11.6 Å². The lowest BCUT2D eigenvalue weighted by Gasteiger charge is -2.04. The molecule has 0 saturated carbocycles. The smallest absolute Gasteiger partial charge is 0.362 e. The summed E-state index contributed by atoms with van der Waals surface area (Å²) in [7, 11) is 1.20. The summed E-state index contributed by atoms with van der Waals surface area (Å²) in [6.07, 6.45) is 0. The Morgan fingerprint density at radius 3 is 2.50 bits per heavy atom. The largest absolute Gasteiger partial charge is 0.475 e. The molecule has 10 nitrogen and oxygen atoms in total. The number of H-pyrrole nitrogens is 1. The van der Waals surface area contributed by atoms with Crippen LogP contribution in [0.5, 0.6) is 5.88 Å². The van der Waals surface area contributed by atoms with Gasteiger partial charge in [-0.15, -0.1) is 5.10 Å². The number of rotatable bonds is 5. The number of methoxy groups -OCH3 is 1. The maximum atomic E-state index is 12.1. The number of anilines is 1. The summed E-state index contributed by atoms with van der Waals surface area (Å²) in [4.78, 5) is 33.2. The summed E-state index contributed by atoms with van der Waals surface area (Å²) < 4.78 is 4.71. The molecule has 4 N–H and O–H groups in total. The van der Waals surface area contributed by atoms with Crippen LogP contribution in [0, 0.1) is 10.1 Å². The van der Waals surface area contributed by atoms with Crippen molar-refractivity contribution in [3.05, 3.63) is 45.6 Å². The van der Waals surface area contributed by atoms with Gasteiger partial charge in [-0.1, -0.05) is 0 Å². The number of ether oxygens (including phenoxy) is 1. The lowest BCUT2D eigenvalue weighted by molar-refractivity contribution is -0.386. The van der Waals surface area contributed by atoms with E-state index in [4.69, 9.17) is 10.5 Å². The third-order valence-electron chi connectivity index (χ3n) is 2.74. The number of nitrogens with one attached hydrogen (secondary N) is 2. The van der Waals surface area contributed by atoms with Crippen molar-refractivity contribution in [3.8, 4) is 5.88 Å². The second-order valence-electron chi connectivity index (χ2n) is 4.11. The molecule has 2 amide bonds. The molecule has 10 heteroatoms. The molecule has 22 heavy (non-hydrogen) atoms. The van der Waals surface area contributed by atoms with Crippen LogP contribution in [0.2, 0.25) is 0 Å². The summed E-state index contributed by atoms with van der Waals surface area (Å²) in [6.45, 7) is 0. The van der Waals surface area contributed by atoms with E-state index in [0.29, 0.717) is 5.69 Å². The zero-order valence-corrected chi connectivity index (χ0v) is 11.3. The topological polar surface area (TPSA) is 153 Å². The van der Waals surface area contributed by atoms with Crippen LogP contribution in [-0.4, -0.2) is 34.0 Å². The number of primary amides is 1. The monoisotopic (exact) mass is 305 g/mol. The predicted octanol–water partition coefficient (Wildman–Crippen LogP) is 0.678. The standard InChI is InChI=1S/C12H11N5O5/c1-22-12-9(17(20)21)8(15-16-12)11(19)14-7-4-2-6(3-5-7)10(13)18/h2-5H,1H3,(H2,13,18)(H,14,19)(H,15,16). The Hall–Kier alpha value is -3.43. The number of aromatic nitrogens is 2. The molecule has 0 bridgehead atoms. The van der Waals surface area contributed by atoms with Crippen molar-refractivity contribution in [2.75, 3.05) is 12.4 Å². The van der Waals surface area contributed by atoms with Crippen molar-refractivity contribution >= 4 is 23.2 Å². The van der Waals surface area contributed by atoms with Gasteiger partial charge in [-0.3, -0.25) is 24.8 Å². The van der Waals surface area contributed by atoms with E-state index in [1.165, 1.54) is 31.4 Å². The number of nitro groups is 1. The van der Waals surface area contributed by atoms with E-state index < -0.39 is 22.4 Å². The van der Waals surface area contributed by atoms with Crippen molar-refractivity contribution in [3.63, 3.8) is 0 Å². The van der Waals surface area contributed by atoms with E-state index in [1.54, 1.807) is 0 Å². The first kappa shape index (κ1) is 15.0. The first-order valence-corrected chi connectivity index (χ1v) is 5.92. The zero-order valence-electron chi connectivity index (χ0n) is 11.3. The summed E-state index contributed by atoms with van der Waals surface area (Å²) in [5.74, 6) is -1.67. The first-order chi connectivity index (χ1) is 10.4. The molecule has 0 radical (unpaired) electrons. The van der Waals surface area contributed by atoms with Gasteiger partial charge in [0.2, 0.25) is 11.6 Å². The third kappa shape index (κ3) is 2.85. The second kappa shape index (κ2) is 5.91. The van der Waals surface area contributed by atoms with Gasteiger partial charge in [-0.05, 0) is 24.3 Å². The Kier molecular flexibility index (Phi) is 4.02. The highest BCUT2D eigenvalue weighted by atomic mass is 16.6. The lowest BCUT2D eigenvalue weighted by Crippen LogP contribution is -2.15. The Balaban J connectivity index is 2.24. The summed E-state index contributed by atoms with van der Waals surface area (Å²) in [5.41, 5.74) is 4.79. The second-order valence-corrected chi connectivity index (χ2v) is 4.11. The highest BCUT2D eigenvalue weighted by molar-refractivity contribution is 6.06. The Bertz CT molecular complexity index is 737. The van der Waals surface area contributed by atoms with E-state index in [9.17, 15) is 19.7 Å². The van der Waals surface area contributed by atoms with Crippen LogP contribution in [0.3, 0.4) is 0 Å². The molecule has 2 rings (SSSR count). The molecule has 0 fully saturated rings. The van der Waals surface area contributed by atoms with Crippen LogP contribution in [0.25, 0.3) is 0 Å². The number of aromatic amines is 1. The molecule has 1 aromatic carbocycles. The van der Waals surface area contributed by atoms with E-state index in [2.05, 4.69) is 15.5 Å². The van der Waals surface area contributed by atoms with Gasteiger partial charge in [0.25, 0.3) is 5.91 Å². The summed E-state index contributed by atoms with van der Waals surface area (Å²) >= 11 is 0. The quantitative estimate of drug-likeness (QED) is 0.545. The van der Waals surface area contributed by atoms with Gasteiger partial charge in [0, 0.05) is 11.3 Å². The number of amides is 2. The van der Waals surface area contributed by atoms with Crippen LogP contribution < -0.4 is 15.8 Å². The van der Waals surface area contributed by atoms with Crippen LogP contribution in [0.15, 0.2) is 24.3 Å². The number of benzene rings is 1. The van der Waals surface area contributed by atoms with Crippen molar-refractivity contribution in [1.29, 1.82) is 0 Å². The van der Waals surface area contributed by atoms with Crippen LogP contribution >= 0.6 is 0 Å². The molecule has 0 spiro atoms. The number of carbonyl (C=O) groups excluding carboxylic acids is 2. The summed E-state index contributed by atoms with van der Waals surface area (Å²) in [5, 5.41) is 19.2. The van der Waals surface area contributed by atoms with Crippen LogP contribution in [-0.2, 0) is 0 Å². The minimum absolute atomic E-state index is 0.271. The lowest BCUT2D eigenvalue weighted by atomic mass is 10.2. The molecule has 0 aliphatic carbocycles. The van der Waals surface area contributed by atoms with E-state index >= 15 is 0 Å². The maximum absolute atomic E-state index is 12.1. The maximum Gasteiger partial charge on any atom is 0.362 e. The molecule has 1 aromatic heterocycles. The van der Waals surface area contributed by atoms with Crippen molar-refractivity contribution in [2.24, 2.45) is 5.73 Å². The Morgan fingerprint density at radius 2 is 2.00 bits per heavy atom. The fourth-order valence-corrected chi connectivity index (χ4v) is 1.70. The first-order valence-electron chi connectivity index (χ1n) is 5.92. The number of nitrogens with two attached hydrogens (primary N) is 1. The van der Waals surface area contributed by atoms with Gasteiger partial charge in [0.05, 0.1) is 12.0 Å². The Labute approximate surface area is 123 Å². The van der Waals surface area contributed by atoms with Crippen molar-refractivity contribution in [2.45, 2.75) is 0 Å². The van der Waals surface area contributed by atoms with Gasteiger partial charge in [-0.25, -0.2) is 0 Å². The third-order valence-corrected chi connectivity index (χ3v) is 2.74. The molecule has 0 saturated heterocycles. The SMILES string of the molecule is COc1n[nH]c(C(=O)Nc2ccc(C(N)=O)cc2)c1[N+](=O)[O-]. The van der Waals surface area contributed by atoms with E-state index in [1.807, 2.05) is 0 Å². The molecule has 2 aromatic rings. The predicted molar refractivity (Wildman–Crippen MR) is 74.7 cm³/mol. The van der Waals surface area contributed by atoms with E-state index in [0.717, 1.165) is 0 Å². The van der Waals surface area contributed by atoms with Crippen LogP contribution in [0.1, 0.15) is 20.8 Å². The van der Waals surface area contributed by atoms with Crippen LogP contribution in [0.4, 0.5) is 11.4 Å². The fourth-order valence-electron chi connectivity index (χ4n) is 1.70. The zero-order chi connectivity index (χ0) is 16.3. The molecule has 0 atom stereocenters. The minimum atomic E-state index is -0.770. The van der Waals surface area contributed by atoms with Crippen molar-refractivity contribution < 1.29 is 19.2 Å². The average Bonchev–Trinajstić information content (AvgIpc) is 2.92. The van der Waals surface area contributed by atoms with Gasteiger partial charge in [0.1, 0.15) is 0 Å². The van der Waals surface area contributed by atoms with E-state index in [-0.39, 0.29) is 17.1 Å². The minimum Gasteiger partial charge on any atom is -0.475 e. The molecule has 0 unspecified atom stereocenters. The Morgan fingerprint density at radius 1 is 1.36 bits per heavy atom. The van der Waals surface area contributed by atoms with Gasteiger partial charge in [0.15, 0.2) is 0 Å². The normalized spacial score (nSPS) is 10.0. The molecular formula is C12H11N5O5. The van der Waals surface area contributed by atoms with Gasteiger partial charge in [-0.2, -0.15) is 0 Å². The average molecular weight is 305 g/mol. The molecular weight excluding hydrogens is 294 g/mol. The number of nitrogens with zero attached hydrogens (tertiary/aromatic N) is 2. The molecule has 0 aliphatic rings. The molecule has 114 valence electrons. The molecule has 1 heterocycles. The van der Waals surface area contributed by atoms with Gasteiger partial charge < -0.3 is 15.8 Å². The number of carbonyl (C=O) groups is 2. The number of hydrogen-bond donors (Lipinski definition) is 3. The summed E-state index contributed by atoms with van der Waals surface area (Å²) in [6, 6.07) is 5.72. The highest BCUT2D eigenvalue weighted by Gasteiger charge is 2.30. The van der Waals surface area contributed by atoms with Crippen molar-refractivity contribution in [1.82, 2.24) is 10.2 Å². The fraction of sp³-hybridized carbons (Fsp3) is 0.0833. The number of hydrogen-bond acceptors (Lipinski definition) is 6.